The van der Waals surface area contributed by atoms with Gasteiger partial charge >= 0.3 is 6.09 Å². The van der Waals surface area contributed by atoms with Crippen LogP contribution in [0.2, 0.25) is 0 Å². The van der Waals surface area contributed by atoms with E-state index >= 15 is 0 Å². The Labute approximate surface area is 156 Å². The van der Waals surface area contributed by atoms with Gasteiger partial charge in [-0.05, 0) is 37.0 Å². The zero-order valence-electron chi connectivity index (χ0n) is 16.5. The van der Waals surface area contributed by atoms with Gasteiger partial charge in [-0.3, -0.25) is 4.99 Å². The molecule has 0 aliphatic rings. The smallest absolute Gasteiger partial charge is 0.407 e. The number of hydrogen-bond donors (Lipinski definition) is 3. The van der Waals surface area contributed by atoms with Crippen LogP contribution in [-0.4, -0.2) is 45.4 Å². The van der Waals surface area contributed by atoms with Crippen LogP contribution in [0.1, 0.15) is 32.8 Å². The highest BCUT2D eigenvalue weighted by molar-refractivity contribution is 5.79. The second-order valence-corrected chi connectivity index (χ2v) is 6.35. The highest BCUT2D eigenvalue weighted by Gasteiger charge is 2.15. The van der Waals surface area contributed by atoms with Crippen molar-refractivity contribution in [2.24, 2.45) is 10.9 Å². The van der Waals surface area contributed by atoms with Crippen molar-refractivity contribution in [3.05, 3.63) is 29.8 Å². The number of nitrogens with one attached hydrogen (secondary N) is 3. The second kappa shape index (κ2) is 12.0. The molecule has 0 fully saturated rings. The summed E-state index contributed by atoms with van der Waals surface area (Å²) in [6, 6.07) is 7.82. The SMILES string of the molecule is CCOC(=O)NC(CNC(=NC)NCc1ccc(OC)cc1)CC(C)C. The highest BCUT2D eigenvalue weighted by atomic mass is 16.5. The molecule has 1 aromatic carbocycles. The first-order valence-electron chi connectivity index (χ1n) is 8.99. The Bertz CT molecular complexity index is 558. The van der Waals surface area contributed by atoms with Crippen LogP contribution in [0.15, 0.2) is 29.3 Å². The number of carbonyl (C=O) groups excluding carboxylic acids is 1. The lowest BCUT2D eigenvalue weighted by Crippen LogP contribution is -2.47. The topological polar surface area (TPSA) is 84.0 Å². The standard InChI is InChI=1S/C19H32N4O3/c1-6-26-19(24)23-16(11-14(2)3)13-22-18(20-4)21-12-15-7-9-17(25-5)10-8-15/h7-10,14,16H,6,11-13H2,1-5H3,(H,23,24)(H2,20,21,22). The Balaban J connectivity index is 2.51. The zero-order valence-corrected chi connectivity index (χ0v) is 16.5. The molecule has 1 unspecified atom stereocenters. The maximum atomic E-state index is 11.7. The fraction of sp³-hybridized carbons (Fsp3) is 0.579. The normalized spacial score (nSPS) is 12.5. The van der Waals surface area contributed by atoms with Crippen LogP contribution in [0.4, 0.5) is 4.79 Å². The summed E-state index contributed by atoms with van der Waals surface area (Å²) < 4.78 is 10.1. The van der Waals surface area contributed by atoms with E-state index in [0.717, 1.165) is 17.7 Å². The number of hydrogen-bond acceptors (Lipinski definition) is 4. The first-order chi connectivity index (χ1) is 12.5. The van der Waals surface area contributed by atoms with Crippen LogP contribution in [0.25, 0.3) is 0 Å². The lowest BCUT2D eigenvalue weighted by atomic mass is 10.0. The van der Waals surface area contributed by atoms with Crippen molar-refractivity contribution in [3.8, 4) is 5.75 Å². The molecule has 3 N–H and O–H groups in total. The maximum absolute atomic E-state index is 11.7. The van der Waals surface area contributed by atoms with E-state index in [1.54, 1.807) is 21.1 Å². The lowest BCUT2D eigenvalue weighted by molar-refractivity contribution is 0.146. The molecular formula is C19H32N4O3. The number of ether oxygens (including phenoxy) is 2. The van der Waals surface area contributed by atoms with Gasteiger partial charge in [0.25, 0.3) is 0 Å². The first-order valence-corrected chi connectivity index (χ1v) is 8.99. The number of amides is 1. The maximum Gasteiger partial charge on any atom is 0.407 e. The third kappa shape index (κ3) is 8.60. The van der Waals surface area contributed by atoms with Crippen molar-refractivity contribution >= 4 is 12.1 Å². The fourth-order valence-electron chi connectivity index (χ4n) is 2.47. The van der Waals surface area contributed by atoms with Crippen molar-refractivity contribution in [2.45, 2.75) is 39.8 Å². The molecule has 1 aromatic rings. The van der Waals surface area contributed by atoms with Gasteiger partial charge < -0.3 is 25.4 Å². The molecule has 146 valence electrons. The molecule has 0 saturated carbocycles. The van der Waals surface area contributed by atoms with Crippen molar-refractivity contribution in [1.29, 1.82) is 0 Å². The fourth-order valence-corrected chi connectivity index (χ4v) is 2.47. The molecule has 0 aliphatic heterocycles. The summed E-state index contributed by atoms with van der Waals surface area (Å²) in [4.78, 5) is 15.9. The summed E-state index contributed by atoms with van der Waals surface area (Å²) in [6.07, 6.45) is 0.461. The lowest BCUT2D eigenvalue weighted by Gasteiger charge is -2.22. The zero-order chi connectivity index (χ0) is 19.4. The van der Waals surface area contributed by atoms with Gasteiger partial charge in [0.15, 0.2) is 5.96 Å². The first kappa shape index (κ1) is 21.6. The summed E-state index contributed by atoms with van der Waals surface area (Å²) in [6.45, 7) is 7.61. The summed E-state index contributed by atoms with van der Waals surface area (Å²) >= 11 is 0. The van der Waals surface area contributed by atoms with Gasteiger partial charge in [-0.25, -0.2) is 4.79 Å². The minimum Gasteiger partial charge on any atom is -0.497 e. The Kier molecular flexibility index (Phi) is 9.97. The molecular weight excluding hydrogens is 332 g/mol. The van der Waals surface area contributed by atoms with Crippen LogP contribution >= 0.6 is 0 Å². The van der Waals surface area contributed by atoms with Gasteiger partial charge in [-0.15, -0.1) is 0 Å². The molecule has 1 rings (SSSR count). The number of nitrogens with zero attached hydrogens (tertiary/aromatic N) is 1. The number of rotatable bonds is 9. The van der Waals surface area contributed by atoms with Crippen molar-refractivity contribution in [3.63, 3.8) is 0 Å². The third-order valence-electron chi connectivity index (χ3n) is 3.71. The Morgan fingerprint density at radius 1 is 1.19 bits per heavy atom. The van der Waals surface area contributed by atoms with E-state index in [0.29, 0.717) is 31.6 Å². The van der Waals surface area contributed by atoms with E-state index in [4.69, 9.17) is 9.47 Å². The summed E-state index contributed by atoms with van der Waals surface area (Å²) in [5, 5.41) is 9.42. The monoisotopic (exact) mass is 364 g/mol. The molecule has 0 bridgehead atoms. The van der Waals surface area contributed by atoms with Crippen LogP contribution in [0.3, 0.4) is 0 Å². The predicted octanol–water partition coefficient (Wildman–Crippen LogP) is 2.52. The molecule has 7 heteroatoms. The van der Waals surface area contributed by atoms with Crippen LogP contribution in [-0.2, 0) is 11.3 Å². The number of benzene rings is 1. The average molecular weight is 364 g/mol. The largest absolute Gasteiger partial charge is 0.497 e. The van der Waals surface area contributed by atoms with E-state index in [-0.39, 0.29) is 12.1 Å². The average Bonchev–Trinajstić information content (AvgIpc) is 2.61. The third-order valence-corrected chi connectivity index (χ3v) is 3.71. The minimum absolute atomic E-state index is 0.0337. The van der Waals surface area contributed by atoms with Gasteiger partial charge in [0.1, 0.15) is 5.75 Å². The van der Waals surface area contributed by atoms with Crippen molar-refractivity contribution in [2.75, 3.05) is 27.3 Å². The van der Waals surface area contributed by atoms with E-state index in [1.807, 2.05) is 24.3 Å². The summed E-state index contributed by atoms with van der Waals surface area (Å²) in [5.41, 5.74) is 1.12. The molecule has 7 nitrogen and oxygen atoms in total. The number of aliphatic imine (C=N–C) groups is 1. The van der Waals surface area contributed by atoms with Crippen molar-refractivity contribution in [1.82, 2.24) is 16.0 Å². The van der Waals surface area contributed by atoms with Crippen LogP contribution in [0.5, 0.6) is 5.75 Å². The highest BCUT2D eigenvalue weighted by Crippen LogP contribution is 2.10. The van der Waals surface area contributed by atoms with Crippen LogP contribution < -0.4 is 20.7 Å². The molecule has 0 aliphatic carbocycles. The van der Waals surface area contributed by atoms with E-state index in [1.165, 1.54) is 0 Å². The van der Waals surface area contributed by atoms with Gasteiger partial charge in [0, 0.05) is 26.2 Å². The molecule has 1 atom stereocenters. The predicted molar refractivity (Wildman–Crippen MR) is 105 cm³/mol. The quantitative estimate of drug-likeness (QED) is 0.463. The van der Waals surface area contributed by atoms with E-state index in [9.17, 15) is 4.79 Å². The van der Waals surface area contributed by atoms with Crippen molar-refractivity contribution < 1.29 is 14.3 Å². The molecule has 0 saturated heterocycles. The number of carbonyl (C=O) groups is 1. The van der Waals surface area contributed by atoms with Crippen LogP contribution in [0, 0.1) is 5.92 Å². The summed E-state index contributed by atoms with van der Waals surface area (Å²) in [7, 11) is 3.37. The minimum atomic E-state index is -0.388. The molecule has 0 heterocycles. The molecule has 0 radical (unpaired) electrons. The molecule has 0 aromatic heterocycles. The number of methoxy groups -OCH3 is 1. The van der Waals surface area contributed by atoms with Gasteiger partial charge in [-0.1, -0.05) is 26.0 Å². The molecule has 0 spiro atoms. The Morgan fingerprint density at radius 2 is 1.88 bits per heavy atom. The van der Waals surface area contributed by atoms with Gasteiger partial charge in [0.05, 0.1) is 13.7 Å². The van der Waals surface area contributed by atoms with E-state index in [2.05, 4.69) is 34.8 Å². The summed E-state index contributed by atoms with van der Waals surface area (Å²) in [5.74, 6) is 1.97. The Hall–Kier alpha value is -2.44. The number of guanidine groups is 1. The molecule has 1 amide bonds. The van der Waals surface area contributed by atoms with Gasteiger partial charge in [-0.2, -0.15) is 0 Å². The number of alkyl carbamates (subject to hydrolysis) is 1. The second-order valence-electron chi connectivity index (χ2n) is 6.35. The van der Waals surface area contributed by atoms with Gasteiger partial charge in [0.2, 0.25) is 0 Å². The Morgan fingerprint density at radius 3 is 2.42 bits per heavy atom. The molecule has 26 heavy (non-hydrogen) atoms. The van der Waals surface area contributed by atoms with E-state index < -0.39 is 0 Å².